The predicted octanol–water partition coefficient (Wildman–Crippen LogP) is 2.12. The molecule has 0 saturated carbocycles. The van der Waals surface area contributed by atoms with Crippen molar-refractivity contribution in [2.45, 2.75) is 13.8 Å². The first kappa shape index (κ1) is 10.5. The van der Waals surface area contributed by atoms with Gasteiger partial charge in [0, 0.05) is 0 Å². The highest BCUT2D eigenvalue weighted by Crippen LogP contribution is 2.09. The zero-order chi connectivity index (χ0) is 9.56. The second-order valence-electron chi connectivity index (χ2n) is 1.86. The number of carboxylic acid groups (broad SMARTS) is 1. The molecule has 0 radical (unpaired) electrons. The maximum atomic E-state index is 10.2. The summed E-state index contributed by atoms with van der Waals surface area (Å²) in [4.78, 5) is 10.2. The van der Waals surface area contributed by atoms with Crippen LogP contribution in [0.5, 0.6) is 5.75 Å². The van der Waals surface area contributed by atoms with Crippen LogP contribution in [0.4, 0.5) is 0 Å². The van der Waals surface area contributed by atoms with E-state index in [0.717, 1.165) is 0 Å². The van der Waals surface area contributed by atoms with Crippen LogP contribution in [0.2, 0.25) is 0 Å². The average molecular weight is 168 g/mol. The molecule has 1 aromatic rings. The fourth-order valence-electron chi connectivity index (χ4n) is 0.639. The Kier molecular flexibility index (Phi) is 4.53. The Hall–Kier alpha value is -1.51. The summed E-state index contributed by atoms with van der Waals surface area (Å²) in [6, 6.07) is 5.52. The lowest BCUT2D eigenvalue weighted by molar-refractivity contribution is 0.0696. The molecule has 3 nitrogen and oxygen atoms in total. The SMILES string of the molecule is CC.O=C(O)c1cccc(O)c1. The van der Waals surface area contributed by atoms with Crippen LogP contribution >= 0.6 is 0 Å². The molecule has 0 saturated heterocycles. The second-order valence-corrected chi connectivity index (χ2v) is 1.86. The molecule has 0 atom stereocenters. The van der Waals surface area contributed by atoms with Crippen molar-refractivity contribution in [3.63, 3.8) is 0 Å². The average Bonchev–Trinajstić information content (AvgIpc) is 2.08. The van der Waals surface area contributed by atoms with Crippen molar-refractivity contribution in [2.75, 3.05) is 0 Å². The molecule has 0 spiro atoms. The van der Waals surface area contributed by atoms with E-state index in [1.54, 1.807) is 0 Å². The molecular formula is C9H12O3. The molecule has 12 heavy (non-hydrogen) atoms. The van der Waals surface area contributed by atoms with E-state index in [4.69, 9.17) is 10.2 Å². The largest absolute Gasteiger partial charge is 0.508 e. The van der Waals surface area contributed by atoms with Crippen molar-refractivity contribution in [1.29, 1.82) is 0 Å². The summed E-state index contributed by atoms with van der Waals surface area (Å²) in [5.74, 6) is -1.06. The first-order valence-electron chi connectivity index (χ1n) is 3.72. The van der Waals surface area contributed by atoms with Gasteiger partial charge in [-0.25, -0.2) is 4.79 Å². The van der Waals surface area contributed by atoms with Gasteiger partial charge in [-0.2, -0.15) is 0 Å². The van der Waals surface area contributed by atoms with Crippen molar-refractivity contribution in [2.24, 2.45) is 0 Å². The van der Waals surface area contributed by atoms with Crippen LogP contribution in [0.1, 0.15) is 24.2 Å². The number of hydrogen-bond donors (Lipinski definition) is 2. The van der Waals surface area contributed by atoms with Crippen molar-refractivity contribution >= 4 is 5.97 Å². The molecule has 0 heterocycles. The molecule has 0 aliphatic heterocycles. The maximum Gasteiger partial charge on any atom is 0.335 e. The van der Waals surface area contributed by atoms with Gasteiger partial charge in [0.05, 0.1) is 5.56 Å². The monoisotopic (exact) mass is 168 g/mol. The Morgan fingerprint density at radius 2 is 1.92 bits per heavy atom. The molecule has 0 fully saturated rings. The third-order valence-corrected chi connectivity index (χ3v) is 1.09. The number of aromatic hydroxyl groups is 1. The van der Waals surface area contributed by atoms with Crippen LogP contribution in [0.25, 0.3) is 0 Å². The van der Waals surface area contributed by atoms with Gasteiger partial charge in [-0.1, -0.05) is 19.9 Å². The van der Waals surface area contributed by atoms with Crippen molar-refractivity contribution < 1.29 is 15.0 Å². The van der Waals surface area contributed by atoms with Gasteiger partial charge in [-0.15, -0.1) is 0 Å². The fourth-order valence-corrected chi connectivity index (χ4v) is 0.639. The Bertz CT molecular complexity index is 256. The van der Waals surface area contributed by atoms with E-state index >= 15 is 0 Å². The van der Waals surface area contributed by atoms with E-state index in [-0.39, 0.29) is 11.3 Å². The molecule has 3 heteroatoms. The standard InChI is InChI=1S/C7H6O3.C2H6/c8-6-3-1-2-5(4-6)7(9)10;1-2/h1-4,8H,(H,9,10);1-2H3. The summed E-state index contributed by atoms with van der Waals surface area (Å²) in [5, 5.41) is 17.2. The van der Waals surface area contributed by atoms with E-state index < -0.39 is 5.97 Å². The van der Waals surface area contributed by atoms with E-state index in [9.17, 15) is 4.79 Å². The molecule has 2 N–H and O–H groups in total. The highest BCUT2D eigenvalue weighted by molar-refractivity contribution is 5.87. The van der Waals surface area contributed by atoms with Crippen molar-refractivity contribution in [3.8, 4) is 5.75 Å². The lowest BCUT2D eigenvalue weighted by Gasteiger charge is -1.92. The van der Waals surface area contributed by atoms with Crippen LogP contribution in [0, 0.1) is 0 Å². The van der Waals surface area contributed by atoms with E-state index in [0.29, 0.717) is 0 Å². The number of carboxylic acids is 1. The molecule has 1 rings (SSSR count). The summed E-state index contributed by atoms with van der Waals surface area (Å²) < 4.78 is 0. The normalized spacial score (nSPS) is 8.17. The number of aromatic carboxylic acids is 1. The molecule has 0 bridgehead atoms. The zero-order valence-corrected chi connectivity index (χ0v) is 7.11. The van der Waals surface area contributed by atoms with Gasteiger partial charge >= 0.3 is 5.97 Å². The second kappa shape index (κ2) is 5.18. The van der Waals surface area contributed by atoms with Gasteiger partial charge in [0.1, 0.15) is 5.75 Å². The maximum absolute atomic E-state index is 10.2. The van der Waals surface area contributed by atoms with Gasteiger partial charge in [0.25, 0.3) is 0 Å². The molecule has 0 aliphatic carbocycles. The number of carbonyl (C=O) groups is 1. The Labute approximate surface area is 71.3 Å². The topological polar surface area (TPSA) is 57.5 Å². The van der Waals surface area contributed by atoms with E-state index in [1.807, 2.05) is 13.8 Å². The minimum atomic E-state index is -1.03. The van der Waals surface area contributed by atoms with Gasteiger partial charge in [0.15, 0.2) is 0 Å². The predicted molar refractivity (Wildman–Crippen MR) is 46.4 cm³/mol. The van der Waals surface area contributed by atoms with Crippen molar-refractivity contribution in [1.82, 2.24) is 0 Å². The number of rotatable bonds is 1. The van der Waals surface area contributed by atoms with Crippen LogP contribution in [0.3, 0.4) is 0 Å². The molecular weight excluding hydrogens is 156 g/mol. The third-order valence-electron chi connectivity index (χ3n) is 1.09. The minimum Gasteiger partial charge on any atom is -0.508 e. The smallest absolute Gasteiger partial charge is 0.335 e. The molecule has 0 aliphatic rings. The highest BCUT2D eigenvalue weighted by atomic mass is 16.4. The summed E-state index contributed by atoms with van der Waals surface area (Å²) >= 11 is 0. The highest BCUT2D eigenvalue weighted by Gasteiger charge is 2.00. The van der Waals surface area contributed by atoms with E-state index in [2.05, 4.69) is 0 Å². The third kappa shape index (κ3) is 3.05. The number of phenols is 1. The van der Waals surface area contributed by atoms with Gasteiger partial charge in [-0.05, 0) is 18.2 Å². The van der Waals surface area contributed by atoms with Gasteiger partial charge in [-0.3, -0.25) is 0 Å². The summed E-state index contributed by atoms with van der Waals surface area (Å²) in [5.41, 5.74) is 0.0972. The molecule has 1 aromatic carbocycles. The number of benzene rings is 1. The number of phenolic OH excluding ortho intramolecular Hbond substituents is 1. The molecule has 0 aromatic heterocycles. The van der Waals surface area contributed by atoms with Crippen LogP contribution in [-0.4, -0.2) is 16.2 Å². The summed E-state index contributed by atoms with van der Waals surface area (Å²) in [6.07, 6.45) is 0. The van der Waals surface area contributed by atoms with Crippen LogP contribution in [0.15, 0.2) is 24.3 Å². The van der Waals surface area contributed by atoms with Crippen LogP contribution < -0.4 is 0 Å². The first-order chi connectivity index (χ1) is 5.70. The quantitative estimate of drug-likeness (QED) is 0.675. The van der Waals surface area contributed by atoms with Crippen molar-refractivity contribution in [3.05, 3.63) is 29.8 Å². The Morgan fingerprint density at radius 3 is 2.25 bits per heavy atom. The molecule has 0 amide bonds. The lowest BCUT2D eigenvalue weighted by atomic mass is 10.2. The fraction of sp³-hybridized carbons (Fsp3) is 0.222. The Balaban J connectivity index is 0.000000561. The summed E-state index contributed by atoms with van der Waals surface area (Å²) in [7, 11) is 0. The van der Waals surface area contributed by atoms with Gasteiger partial charge < -0.3 is 10.2 Å². The summed E-state index contributed by atoms with van der Waals surface area (Å²) in [6.45, 7) is 4.00. The van der Waals surface area contributed by atoms with E-state index in [1.165, 1.54) is 24.3 Å². The Morgan fingerprint density at radius 1 is 1.33 bits per heavy atom. The zero-order valence-electron chi connectivity index (χ0n) is 7.11. The lowest BCUT2D eigenvalue weighted by Crippen LogP contribution is -1.94. The minimum absolute atomic E-state index is 0.0279. The molecule has 0 unspecified atom stereocenters. The first-order valence-corrected chi connectivity index (χ1v) is 3.72. The van der Waals surface area contributed by atoms with Gasteiger partial charge in [0.2, 0.25) is 0 Å². The number of hydrogen-bond acceptors (Lipinski definition) is 2. The van der Waals surface area contributed by atoms with Crippen LogP contribution in [-0.2, 0) is 0 Å². The molecule has 66 valence electrons.